The molecule has 2 N–H and O–H groups in total. The lowest BCUT2D eigenvalue weighted by atomic mass is 10.2. The molecule has 0 radical (unpaired) electrons. The predicted octanol–water partition coefficient (Wildman–Crippen LogP) is 3.34. The van der Waals surface area contributed by atoms with Gasteiger partial charge in [-0.2, -0.15) is 0 Å². The van der Waals surface area contributed by atoms with E-state index in [0.29, 0.717) is 31.1 Å². The van der Waals surface area contributed by atoms with Crippen LogP contribution in [0.3, 0.4) is 0 Å². The molecule has 0 amide bonds. The SMILES string of the molecule is Cl.NCc1nnc(SCCC2CC2(F)F)n1Cc1ccccc1. The number of aromatic nitrogens is 3. The largest absolute Gasteiger partial charge is 0.324 e. The Kier molecular flexibility index (Phi) is 6.00. The molecule has 3 rings (SSSR count). The molecule has 0 bridgehead atoms. The van der Waals surface area contributed by atoms with Crippen LogP contribution in [0.2, 0.25) is 0 Å². The summed E-state index contributed by atoms with van der Waals surface area (Å²) in [6, 6.07) is 9.97. The van der Waals surface area contributed by atoms with E-state index in [2.05, 4.69) is 10.2 Å². The minimum absolute atomic E-state index is 0. The molecule has 1 saturated carbocycles. The van der Waals surface area contributed by atoms with Gasteiger partial charge in [0.15, 0.2) is 5.16 Å². The quantitative estimate of drug-likeness (QED) is 0.769. The number of hydrogen-bond donors (Lipinski definition) is 1. The first-order valence-corrected chi connectivity index (χ1v) is 8.25. The van der Waals surface area contributed by atoms with Crippen molar-refractivity contribution in [3.05, 3.63) is 41.7 Å². The lowest BCUT2D eigenvalue weighted by Gasteiger charge is -2.09. The molecular formula is C15H19ClF2N4S. The maximum absolute atomic E-state index is 12.9. The molecule has 1 fully saturated rings. The van der Waals surface area contributed by atoms with Gasteiger partial charge in [0.25, 0.3) is 5.92 Å². The Bertz CT molecular complexity index is 636. The second-order valence-electron chi connectivity index (χ2n) is 5.47. The van der Waals surface area contributed by atoms with Gasteiger partial charge in [-0.05, 0) is 12.0 Å². The molecule has 4 nitrogen and oxygen atoms in total. The van der Waals surface area contributed by atoms with Gasteiger partial charge in [0.1, 0.15) is 5.82 Å². The van der Waals surface area contributed by atoms with E-state index < -0.39 is 11.8 Å². The van der Waals surface area contributed by atoms with Crippen LogP contribution in [0.1, 0.15) is 24.2 Å². The van der Waals surface area contributed by atoms with Crippen molar-refractivity contribution >= 4 is 24.2 Å². The molecule has 1 aliphatic rings. The summed E-state index contributed by atoms with van der Waals surface area (Å²) >= 11 is 1.47. The van der Waals surface area contributed by atoms with Crippen LogP contribution >= 0.6 is 24.2 Å². The fourth-order valence-electron chi connectivity index (χ4n) is 2.38. The third-order valence-corrected chi connectivity index (χ3v) is 4.81. The van der Waals surface area contributed by atoms with Crippen LogP contribution in [0.15, 0.2) is 35.5 Å². The van der Waals surface area contributed by atoms with Gasteiger partial charge in [-0.25, -0.2) is 8.78 Å². The Balaban J connectivity index is 0.00000192. The summed E-state index contributed by atoms with van der Waals surface area (Å²) in [5.41, 5.74) is 6.84. The highest BCUT2D eigenvalue weighted by molar-refractivity contribution is 7.99. The Morgan fingerprint density at radius 3 is 2.57 bits per heavy atom. The summed E-state index contributed by atoms with van der Waals surface area (Å²) in [5, 5.41) is 8.98. The molecular weight excluding hydrogens is 342 g/mol. The highest BCUT2D eigenvalue weighted by Crippen LogP contribution is 2.51. The maximum Gasteiger partial charge on any atom is 0.251 e. The van der Waals surface area contributed by atoms with Crippen LogP contribution in [0.25, 0.3) is 0 Å². The number of thioether (sulfide) groups is 1. The van der Waals surface area contributed by atoms with E-state index in [1.807, 2.05) is 34.9 Å². The lowest BCUT2D eigenvalue weighted by Crippen LogP contribution is -2.10. The molecule has 0 saturated heterocycles. The minimum Gasteiger partial charge on any atom is -0.324 e. The van der Waals surface area contributed by atoms with E-state index in [4.69, 9.17) is 5.73 Å². The Morgan fingerprint density at radius 2 is 1.96 bits per heavy atom. The van der Waals surface area contributed by atoms with Crippen molar-refractivity contribution in [1.29, 1.82) is 0 Å². The van der Waals surface area contributed by atoms with Gasteiger partial charge >= 0.3 is 0 Å². The first-order chi connectivity index (χ1) is 10.6. The summed E-state index contributed by atoms with van der Waals surface area (Å²) in [4.78, 5) is 0. The Labute approximate surface area is 144 Å². The fraction of sp³-hybridized carbons (Fsp3) is 0.467. The van der Waals surface area contributed by atoms with Gasteiger partial charge in [-0.3, -0.25) is 0 Å². The van der Waals surface area contributed by atoms with Gasteiger partial charge < -0.3 is 10.3 Å². The topological polar surface area (TPSA) is 56.7 Å². The van der Waals surface area contributed by atoms with E-state index in [0.717, 1.165) is 10.7 Å². The van der Waals surface area contributed by atoms with E-state index in [1.54, 1.807) is 0 Å². The molecule has 1 heterocycles. The number of benzene rings is 1. The molecule has 1 atom stereocenters. The van der Waals surface area contributed by atoms with Crippen LogP contribution in [-0.2, 0) is 13.1 Å². The first-order valence-electron chi connectivity index (χ1n) is 7.27. The Hall–Kier alpha value is -1.18. The highest BCUT2D eigenvalue weighted by atomic mass is 35.5. The monoisotopic (exact) mass is 360 g/mol. The van der Waals surface area contributed by atoms with E-state index in [1.165, 1.54) is 11.8 Å². The second kappa shape index (κ2) is 7.59. The van der Waals surface area contributed by atoms with Crippen molar-refractivity contribution in [3.63, 3.8) is 0 Å². The number of nitrogens with two attached hydrogens (primary N) is 1. The zero-order valence-corrected chi connectivity index (χ0v) is 14.1. The number of hydrogen-bond acceptors (Lipinski definition) is 4. The lowest BCUT2D eigenvalue weighted by molar-refractivity contribution is 0.0983. The summed E-state index contributed by atoms with van der Waals surface area (Å²) < 4.78 is 27.7. The molecule has 8 heteroatoms. The molecule has 0 spiro atoms. The molecule has 1 unspecified atom stereocenters. The normalized spacial score (nSPS) is 18.5. The minimum atomic E-state index is -2.44. The number of rotatable bonds is 7. The zero-order chi connectivity index (χ0) is 15.6. The van der Waals surface area contributed by atoms with Crippen LogP contribution < -0.4 is 5.73 Å². The van der Waals surface area contributed by atoms with Crippen LogP contribution in [0.5, 0.6) is 0 Å². The van der Waals surface area contributed by atoms with Crippen LogP contribution in [-0.4, -0.2) is 26.4 Å². The van der Waals surface area contributed by atoms with E-state index >= 15 is 0 Å². The summed E-state index contributed by atoms with van der Waals surface area (Å²) in [6.07, 6.45) is 0.534. The molecule has 23 heavy (non-hydrogen) atoms. The third-order valence-electron chi connectivity index (χ3n) is 3.81. The molecule has 1 aromatic heterocycles. The van der Waals surface area contributed by atoms with Crippen molar-refractivity contribution in [3.8, 4) is 0 Å². The highest BCUT2D eigenvalue weighted by Gasteiger charge is 2.55. The molecule has 1 aliphatic carbocycles. The van der Waals surface area contributed by atoms with Gasteiger partial charge in [-0.15, -0.1) is 22.6 Å². The molecule has 0 aliphatic heterocycles. The number of nitrogens with zero attached hydrogens (tertiary/aromatic N) is 3. The van der Waals surface area contributed by atoms with Crippen molar-refractivity contribution in [2.75, 3.05) is 5.75 Å². The van der Waals surface area contributed by atoms with Gasteiger partial charge in [0.2, 0.25) is 0 Å². The van der Waals surface area contributed by atoms with Gasteiger partial charge in [0, 0.05) is 18.1 Å². The molecule has 1 aromatic carbocycles. The standard InChI is InChI=1S/C15H18F2N4S.ClH/c16-15(17)8-12(15)6-7-22-14-20-19-13(9-18)21(14)10-11-4-2-1-3-5-11;/h1-5,12H,6-10,18H2;1H. The third kappa shape index (κ3) is 4.43. The summed E-state index contributed by atoms with van der Waals surface area (Å²) in [7, 11) is 0. The Morgan fingerprint density at radius 1 is 1.26 bits per heavy atom. The molecule has 126 valence electrons. The van der Waals surface area contributed by atoms with E-state index in [9.17, 15) is 8.78 Å². The maximum atomic E-state index is 12.9. The predicted molar refractivity (Wildman–Crippen MR) is 89.1 cm³/mol. The van der Waals surface area contributed by atoms with E-state index in [-0.39, 0.29) is 18.8 Å². The van der Waals surface area contributed by atoms with Crippen molar-refractivity contribution in [2.45, 2.75) is 37.0 Å². The summed E-state index contributed by atoms with van der Waals surface area (Å²) in [5.74, 6) is -1.57. The summed E-state index contributed by atoms with van der Waals surface area (Å²) in [6.45, 7) is 0.948. The van der Waals surface area contributed by atoms with Crippen molar-refractivity contribution in [2.24, 2.45) is 11.7 Å². The van der Waals surface area contributed by atoms with Gasteiger partial charge in [0.05, 0.1) is 13.1 Å². The number of halogens is 3. The first kappa shape index (κ1) is 18.2. The fourth-order valence-corrected chi connectivity index (χ4v) is 3.39. The van der Waals surface area contributed by atoms with Crippen molar-refractivity contribution < 1.29 is 8.78 Å². The van der Waals surface area contributed by atoms with Crippen molar-refractivity contribution in [1.82, 2.24) is 14.8 Å². The number of alkyl halides is 2. The zero-order valence-electron chi connectivity index (χ0n) is 12.5. The van der Waals surface area contributed by atoms with Crippen LogP contribution in [0, 0.1) is 5.92 Å². The van der Waals surface area contributed by atoms with Gasteiger partial charge in [-0.1, -0.05) is 42.1 Å². The average Bonchev–Trinajstić information content (AvgIpc) is 2.94. The smallest absolute Gasteiger partial charge is 0.251 e. The van der Waals surface area contributed by atoms with Crippen LogP contribution in [0.4, 0.5) is 8.78 Å². The average molecular weight is 361 g/mol. The second-order valence-corrected chi connectivity index (χ2v) is 6.54. The molecule has 2 aromatic rings.